The molecule has 1 unspecified atom stereocenters. The summed E-state index contributed by atoms with van der Waals surface area (Å²) < 4.78 is 10.6. The van der Waals surface area contributed by atoms with Gasteiger partial charge in [-0.05, 0) is 32.9 Å². The predicted molar refractivity (Wildman–Crippen MR) is 65.6 cm³/mol. The monoisotopic (exact) mass is 240 g/mol. The summed E-state index contributed by atoms with van der Waals surface area (Å²) in [6.45, 7) is 5.47. The molecular weight excluding hydrogens is 223 g/mol. The lowest BCUT2D eigenvalue weighted by atomic mass is 9.98. The average Bonchev–Trinajstić information content (AvgIpc) is 2.25. The van der Waals surface area contributed by atoms with E-state index in [2.05, 4.69) is 0 Å². The molecule has 0 bridgehead atoms. The van der Waals surface area contributed by atoms with E-state index >= 15 is 0 Å². The minimum atomic E-state index is -1.31. The van der Waals surface area contributed by atoms with Gasteiger partial charge in [-0.3, -0.25) is 4.79 Å². The van der Waals surface area contributed by atoms with Gasteiger partial charge in [0.15, 0.2) is 0 Å². The maximum atomic E-state index is 11.7. The Balaban J connectivity index is 2.75. The fourth-order valence-electron chi connectivity index (χ4n) is 0.957. The van der Waals surface area contributed by atoms with E-state index in [1.54, 1.807) is 7.11 Å². The van der Waals surface area contributed by atoms with Gasteiger partial charge in [-0.15, -0.1) is 0 Å². The molecule has 0 aliphatic carbocycles. The Morgan fingerprint density at radius 3 is 2.19 bits per heavy atom. The molecule has 0 aromatic heterocycles. The van der Waals surface area contributed by atoms with Crippen LogP contribution in [0.4, 0.5) is 0 Å². The molecule has 0 amide bonds. The van der Waals surface area contributed by atoms with Crippen LogP contribution in [0.15, 0.2) is 30.3 Å². The third kappa shape index (κ3) is 3.58. The Bertz CT molecular complexity index is 343. The molecule has 3 nitrogen and oxygen atoms in total. The second-order valence-corrected chi connectivity index (χ2v) is 5.98. The molecule has 1 aromatic rings. The third-order valence-electron chi connectivity index (χ3n) is 1.91. The van der Waals surface area contributed by atoms with Crippen molar-refractivity contribution in [2.75, 3.05) is 7.11 Å². The highest BCUT2D eigenvalue weighted by molar-refractivity contribution is 7.56. The van der Waals surface area contributed by atoms with Crippen molar-refractivity contribution >= 4 is 19.6 Å². The summed E-state index contributed by atoms with van der Waals surface area (Å²) in [5, 5.41) is 0.901. The molecule has 0 saturated carbocycles. The van der Waals surface area contributed by atoms with E-state index in [0.717, 1.165) is 5.30 Å². The zero-order chi connectivity index (χ0) is 12.2. The van der Waals surface area contributed by atoms with Gasteiger partial charge >= 0.3 is 5.97 Å². The number of carbonyl (C=O) groups is 1. The summed E-state index contributed by atoms with van der Waals surface area (Å²) in [6.07, 6.45) is 0. The standard InChI is InChI=1S/C12H17O3P/c1-12(2,3)11(13)15-16(14-4)10-8-6-5-7-9-10/h5-9H,1-4H3. The Kier molecular flexibility index (Phi) is 4.45. The van der Waals surface area contributed by atoms with Gasteiger partial charge in [0.2, 0.25) is 0 Å². The van der Waals surface area contributed by atoms with E-state index in [4.69, 9.17) is 9.05 Å². The first kappa shape index (κ1) is 13.1. The lowest BCUT2D eigenvalue weighted by Gasteiger charge is -2.21. The number of carbonyl (C=O) groups excluding carboxylic acids is 1. The van der Waals surface area contributed by atoms with E-state index in [1.807, 2.05) is 51.1 Å². The molecule has 1 aromatic carbocycles. The van der Waals surface area contributed by atoms with Crippen LogP contribution in [-0.4, -0.2) is 13.1 Å². The fourth-order valence-corrected chi connectivity index (χ4v) is 2.19. The molecule has 4 heteroatoms. The van der Waals surface area contributed by atoms with Crippen molar-refractivity contribution in [3.05, 3.63) is 30.3 Å². The Morgan fingerprint density at radius 2 is 1.75 bits per heavy atom. The molecule has 0 fully saturated rings. The first-order chi connectivity index (χ1) is 7.45. The molecule has 1 atom stereocenters. The molecule has 0 radical (unpaired) electrons. The summed E-state index contributed by atoms with van der Waals surface area (Å²) in [6, 6.07) is 9.50. The van der Waals surface area contributed by atoms with Gasteiger partial charge in [0.25, 0.3) is 8.38 Å². The number of hydrogen-bond donors (Lipinski definition) is 0. The molecule has 0 spiro atoms. The van der Waals surface area contributed by atoms with Crippen LogP contribution in [-0.2, 0) is 13.8 Å². The zero-order valence-corrected chi connectivity index (χ0v) is 11.0. The average molecular weight is 240 g/mol. The summed E-state index contributed by atoms with van der Waals surface area (Å²) >= 11 is 0. The molecule has 0 aliphatic rings. The summed E-state index contributed by atoms with van der Waals surface area (Å²) in [5.41, 5.74) is -0.506. The normalized spacial score (nSPS) is 13.2. The van der Waals surface area contributed by atoms with Crippen LogP contribution in [0.25, 0.3) is 0 Å². The van der Waals surface area contributed by atoms with Crippen LogP contribution >= 0.6 is 8.38 Å². The lowest BCUT2D eigenvalue weighted by Crippen LogP contribution is -2.23. The number of rotatable bonds is 3. The van der Waals surface area contributed by atoms with Crippen molar-refractivity contribution in [3.8, 4) is 0 Å². The molecule has 16 heavy (non-hydrogen) atoms. The summed E-state index contributed by atoms with van der Waals surface area (Å²) in [7, 11) is 0.243. The fraction of sp³-hybridized carbons (Fsp3) is 0.417. The Hall–Kier alpha value is -0.920. The second kappa shape index (κ2) is 5.42. The third-order valence-corrected chi connectivity index (χ3v) is 3.29. The number of hydrogen-bond acceptors (Lipinski definition) is 3. The smallest absolute Gasteiger partial charge is 0.316 e. The Morgan fingerprint density at radius 1 is 1.19 bits per heavy atom. The van der Waals surface area contributed by atoms with Gasteiger partial charge in [-0.1, -0.05) is 18.2 Å². The van der Waals surface area contributed by atoms with E-state index in [1.165, 1.54) is 0 Å². The zero-order valence-electron chi connectivity index (χ0n) is 10.1. The summed E-state index contributed by atoms with van der Waals surface area (Å²) in [5.74, 6) is -0.246. The van der Waals surface area contributed by atoms with E-state index in [0.29, 0.717) is 0 Å². The highest BCUT2D eigenvalue weighted by Gasteiger charge is 2.27. The van der Waals surface area contributed by atoms with Crippen LogP contribution in [0.5, 0.6) is 0 Å². The van der Waals surface area contributed by atoms with Crippen molar-refractivity contribution in [2.24, 2.45) is 5.41 Å². The number of benzene rings is 1. The molecule has 0 aliphatic heterocycles. The van der Waals surface area contributed by atoms with E-state index in [9.17, 15) is 4.79 Å². The lowest BCUT2D eigenvalue weighted by molar-refractivity contribution is -0.142. The maximum absolute atomic E-state index is 11.7. The molecule has 1 rings (SSSR count). The van der Waals surface area contributed by atoms with Gasteiger partial charge in [-0.25, -0.2) is 0 Å². The van der Waals surface area contributed by atoms with E-state index in [-0.39, 0.29) is 5.97 Å². The van der Waals surface area contributed by atoms with Crippen molar-refractivity contribution in [1.29, 1.82) is 0 Å². The van der Waals surface area contributed by atoms with Crippen molar-refractivity contribution in [2.45, 2.75) is 20.8 Å². The second-order valence-electron chi connectivity index (χ2n) is 4.40. The highest BCUT2D eigenvalue weighted by atomic mass is 31.2. The first-order valence-corrected chi connectivity index (χ1v) is 6.24. The van der Waals surface area contributed by atoms with Crippen LogP contribution in [0.1, 0.15) is 20.8 Å². The molecule has 0 heterocycles. The molecular formula is C12H17O3P. The van der Waals surface area contributed by atoms with Gasteiger partial charge in [0.1, 0.15) is 0 Å². The van der Waals surface area contributed by atoms with Crippen LogP contribution < -0.4 is 5.30 Å². The van der Waals surface area contributed by atoms with Gasteiger partial charge in [-0.2, -0.15) is 0 Å². The van der Waals surface area contributed by atoms with Gasteiger partial charge < -0.3 is 9.05 Å². The highest BCUT2D eigenvalue weighted by Crippen LogP contribution is 2.38. The molecule has 88 valence electrons. The summed E-state index contributed by atoms with van der Waals surface area (Å²) in [4.78, 5) is 11.7. The minimum Gasteiger partial charge on any atom is -0.412 e. The van der Waals surface area contributed by atoms with Crippen LogP contribution in [0.3, 0.4) is 0 Å². The first-order valence-electron chi connectivity index (χ1n) is 5.07. The van der Waals surface area contributed by atoms with Crippen molar-refractivity contribution in [1.82, 2.24) is 0 Å². The van der Waals surface area contributed by atoms with E-state index < -0.39 is 13.8 Å². The largest absolute Gasteiger partial charge is 0.412 e. The quantitative estimate of drug-likeness (QED) is 0.762. The maximum Gasteiger partial charge on any atom is 0.316 e. The van der Waals surface area contributed by atoms with Gasteiger partial charge in [0.05, 0.1) is 5.41 Å². The molecule has 0 saturated heterocycles. The topological polar surface area (TPSA) is 35.5 Å². The predicted octanol–water partition coefficient (Wildman–Crippen LogP) is 2.86. The minimum absolute atomic E-state index is 0.246. The Labute approximate surface area is 97.7 Å². The molecule has 0 N–H and O–H groups in total. The van der Waals surface area contributed by atoms with Gasteiger partial charge in [0, 0.05) is 12.4 Å². The SMILES string of the molecule is COP(OC(=O)C(C)(C)C)c1ccccc1. The van der Waals surface area contributed by atoms with Crippen molar-refractivity contribution in [3.63, 3.8) is 0 Å². The van der Waals surface area contributed by atoms with Crippen LogP contribution in [0, 0.1) is 5.41 Å². The van der Waals surface area contributed by atoms with Crippen LogP contribution in [0.2, 0.25) is 0 Å². The van der Waals surface area contributed by atoms with Crippen molar-refractivity contribution < 1.29 is 13.8 Å².